The van der Waals surface area contributed by atoms with Crippen LogP contribution in [0.25, 0.3) is 0 Å². The third-order valence-corrected chi connectivity index (χ3v) is 3.24. The van der Waals surface area contributed by atoms with Crippen molar-refractivity contribution in [3.8, 4) is 5.75 Å². The summed E-state index contributed by atoms with van der Waals surface area (Å²) >= 11 is 5.95. The predicted octanol–water partition coefficient (Wildman–Crippen LogP) is 1.46. The van der Waals surface area contributed by atoms with Crippen molar-refractivity contribution in [1.82, 2.24) is 25.5 Å². The van der Waals surface area contributed by atoms with Crippen LogP contribution in [0.3, 0.4) is 0 Å². The second-order valence-corrected chi connectivity index (χ2v) is 5.01. The second kappa shape index (κ2) is 6.67. The summed E-state index contributed by atoms with van der Waals surface area (Å²) in [5.41, 5.74) is 0. The predicted molar refractivity (Wildman–Crippen MR) is 76.9 cm³/mol. The van der Waals surface area contributed by atoms with E-state index in [1.54, 1.807) is 13.1 Å². The second-order valence-electron chi connectivity index (χ2n) is 4.57. The van der Waals surface area contributed by atoms with Crippen molar-refractivity contribution < 1.29 is 4.74 Å². The van der Waals surface area contributed by atoms with E-state index in [1.807, 2.05) is 32.2 Å². The number of likely N-dealkylation sites (N-methyl/N-ethyl adjacent to an activating group) is 1. The number of nitrogens with one attached hydrogen (secondary N) is 1. The van der Waals surface area contributed by atoms with Crippen LogP contribution < -0.4 is 10.1 Å². The molecular formula is C13H18ClN5O. The largest absolute Gasteiger partial charge is 0.489 e. The third-order valence-electron chi connectivity index (χ3n) is 3.01. The average Bonchev–Trinajstić information content (AvgIpc) is 2.81. The highest BCUT2D eigenvalue weighted by Crippen LogP contribution is 2.19. The first-order valence-corrected chi connectivity index (χ1v) is 6.78. The smallest absolute Gasteiger partial charge is 0.176 e. The van der Waals surface area contributed by atoms with Crippen LogP contribution in [0.15, 0.2) is 24.3 Å². The van der Waals surface area contributed by atoms with Crippen LogP contribution in [-0.4, -0.2) is 39.4 Å². The number of ether oxygens (including phenoxy) is 1. The van der Waals surface area contributed by atoms with Crippen LogP contribution >= 0.6 is 11.6 Å². The van der Waals surface area contributed by atoms with Gasteiger partial charge >= 0.3 is 0 Å². The fourth-order valence-corrected chi connectivity index (χ4v) is 2.12. The van der Waals surface area contributed by atoms with Crippen molar-refractivity contribution in [2.45, 2.75) is 25.5 Å². The topological polar surface area (TPSA) is 64.9 Å². The van der Waals surface area contributed by atoms with Gasteiger partial charge in [0, 0.05) is 11.4 Å². The molecule has 7 heteroatoms. The normalized spacial score (nSPS) is 14.0. The molecule has 0 fully saturated rings. The van der Waals surface area contributed by atoms with Crippen molar-refractivity contribution in [1.29, 1.82) is 0 Å². The van der Waals surface area contributed by atoms with Crippen LogP contribution in [0.5, 0.6) is 5.75 Å². The lowest BCUT2D eigenvalue weighted by Gasteiger charge is -2.23. The molecule has 0 amide bonds. The lowest BCUT2D eigenvalue weighted by atomic mass is 10.1. The number of hydrogen-bond donors (Lipinski definition) is 1. The lowest BCUT2D eigenvalue weighted by molar-refractivity contribution is 0.172. The molecule has 1 aromatic carbocycles. The summed E-state index contributed by atoms with van der Waals surface area (Å²) in [6.07, 6.45) is 0.591. The van der Waals surface area contributed by atoms with Crippen molar-refractivity contribution in [2.75, 3.05) is 7.05 Å². The summed E-state index contributed by atoms with van der Waals surface area (Å²) in [5, 5.41) is 15.9. The Labute approximate surface area is 123 Å². The minimum Gasteiger partial charge on any atom is -0.489 e. The molecule has 0 radical (unpaired) electrons. The van der Waals surface area contributed by atoms with Gasteiger partial charge in [-0.3, -0.25) is 0 Å². The Bertz CT molecular complexity index is 559. The molecule has 1 heterocycles. The molecule has 1 aromatic heterocycles. The number of nitrogens with zero attached hydrogens (tertiary/aromatic N) is 4. The molecule has 0 aliphatic carbocycles. The third kappa shape index (κ3) is 3.91. The summed E-state index contributed by atoms with van der Waals surface area (Å²) in [6, 6.07) is 7.44. The Kier molecular flexibility index (Phi) is 4.92. The van der Waals surface area contributed by atoms with Crippen LogP contribution in [0.1, 0.15) is 12.7 Å². The van der Waals surface area contributed by atoms with E-state index in [0.29, 0.717) is 17.3 Å². The van der Waals surface area contributed by atoms with Gasteiger partial charge < -0.3 is 10.1 Å². The van der Waals surface area contributed by atoms with Crippen LogP contribution in [0.2, 0.25) is 5.02 Å². The molecule has 108 valence electrons. The fraction of sp³-hybridized carbons (Fsp3) is 0.462. The Balaban J connectivity index is 1.99. The van der Waals surface area contributed by atoms with Gasteiger partial charge in [-0.1, -0.05) is 17.7 Å². The van der Waals surface area contributed by atoms with E-state index in [9.17, 15) is 0 Å². The molecule has 0 aliphatic rings. The zero-order valence-corrected chi connectivity index (χ0v) is 12.5. The van der Waals surface area contributed by atoms with Crippen molar-refractivity contribution in [3.63, 3.8) is 0 Å². The number of rotatable bonds is 6. The molecular weight excluding hydrogens is 278 g/mol. The summed E-state index contributed by atoms with van der Waals surface area (Å²) in [6.45, 7) is 2.00. The molecule has 0 aliphatic heterocycles. The molecule has 1 N–H and O–H groups in total. The number of aryl methyl sites for hydroxylation is 1. The highest BCUT2D eigenvalue weighted by Gasteiger charge is 2.20. The molecule has 20 heavy (non-hydrogen) atoms. The van der Waals surface area contributed by atoms with E-state index in [-0.39, 0.29) is 12.1 Å². The molecule has 0 saturated carbocycles. The summed E-state index contributed by atoms with van der Waals surface area (Å²) in [7, 11) is 3.63. The van der Waals surface area contributed by atoms with E-state index in [2.05, 4.69) is 20.7 Å². The number of aromatic nitrogens is 4. The van der Waals surface area contributed by atoms with E-state index in [1.165, 1.54) is 4.80 Å². The highest BCUT2D eigenvalue weighted by molar-refractivity contribution is 6.30. The lowest BCUT2D eigenvalue weighted by Crippen LogP contribution is -2.41. The van der Waals surface area contributed by atoms with E-state index in [0.717, 1.165) is 5.75 Å². The first-order chi connectivity index (χ1) is 9.58. The first-order valence-electron chi connectivity index (χ1n) is 6.41. The monoisotopic (exact) mass is 295 g/mol. The number of hydrogen-bond acceptors (Lipinski definition) is 5. The molecule has 0 spiro atoms. The average molecular weight is 296 g/mol. The summed E-state index contributed by atoms with van der Waals surface area (Å²) in [4.78, 5) is 1.45. The maximum absolute atomic E-state index is 5.95. The standard InChI is InChI=1S/C13H18ClN5O/c1-9(20-11-6-4-5-10(14)7-11)12(15-2)8-13-16-18-19(3)17-13/h4-7,9,12,15H,8H2,1-3H3. The minimum absolute atomic E-state index is 0.0535. The SMILES string of the molecule is CNC(Cc1nnn(C)n1)C(C)Oc1cccc(Cl)c1. The Morgan fingerprint density at radius 1 is 1.45 bits per heavy atom. The maximum atomic E-state index is 5.95. The maximum Gasteiger partial charge on any atom is 0.176 e. The number of halogens is 1. The number of tetrazole rings is 1. The van der Waals surface area contributed by atoms with Crippen LogP contribution in [0, 0.1) is 0 Å². The van der Waals surface area contributed by atoms with Gasteiger partial charge in [0.25, 0.3) is 0 Å². The van der Waals surface area contributed by atoms with Gasteiger partial charge in [-0.15, -0.1) is 10.2 Å². The van der Waals surface area contributed by atoms with Gasteiger partial charge in [0.05, 0.1) is 13.1 Å². The van der Waals surface area contributed by atoms with Gasteiger partial charge in [-0.05, 0) is 37.4 Å². The highest BCUT2D eigenvalue weighted by atomic mass is 35.5. The minimum atomic E-state index is -0.0535. The molecule has 6 nitrogen and oxygen atoms in total. The fourth-order valence-electron chi connectivity index (χ4n) is 1.94. The molecule has 2 unspecified atom stereocenters. The van der Waals surface area contributed by atoms with Gasteiger partial charge in [0.2, 0.25) is 0 Å². The van der Waals surface area contributed by atoms with E-state index < -0.39 is 0 Å². The van der Waals surface area contributed by atoms with Gasteiger partial charge in [-0.2, -0.15) is 4.80 Å². The molecule has 2 aromatic rings. The Morgan fingerprint density at radius 2 is 2.25 bits per heavy atom. The van der Waals surface area contributed by atoms with Crippen LogP contribution in [-0.2, 0) is 13.5 Å². The molecule has 2 rings (SSSR count). The molecule has 2 atom stereocenters. The van der Waals surface area contributed by atoms with Crippen molar-refractivity contribution in [2.24, 2.45) is 7.05 Å². The summed E-state index contributed by atoms with van der Waals surface area (Å²) in [5.74, 6) is 1.44. The first kappa shape index (κ1) is 14.7. The number of benzene rings is 1. The Hall–Kier alpha value is -1.66. The van der Waals surface area contributed by atoms with Crippen molar-refractivity contribution >= 4 is 11.6 Å². The van der Waals surface area contributed by atoms with E-state index >= 15 is 0 Å². The van der Waals surface area contributed by atoms with Gasteiger partial charge in [0.15, 0.2) is 5.82 Å². The molecule has 0 saturated heterocycles. The van der Waals surface area contributed by atoms with Gasteiger partial charge in [0.1, 0.15) is 11.9 Å². The Morgan fingerprint density at radius 3 is 2.85 bits per heavy atom. The van der Waals surface area contributed by atoms with Crippen LogP contribution in [0.4, 0.5) is 0 Å². The molecule has 0 bridgehead atoms. The zero-order valence-electron chi connectivity index (χ0n) is 11.7. The van der Waals surface area contributed by atoms with Gasteiger partial charge in [-0.25, -0.2) is 0 Å². The quantitative estimate of drug-likeness (QED) is 0.874. The zero-order chi connectivity index (χ0) is 14.5. The van der Waals surface area contributed by atoms with E-state index in [4.69, 9.17) is 16.3 Å². The van der Waals surface area contributed by atoms with Crippen molar-refractivity contribution in [3.05, 3.63) is 35.1 Å². The summed E-state index contributed by atoms with van der Waals surface area (Å²) < 4.78 is 5.90.